The van der Waals surface area contributed by atoms with Crippen molar-refractivity contribution in [2.24, 2.45) is 0 Å². The van der Waals surface area contributed by atoms with Crippen LogP contribution in [0, 0.1) is 0 Å². The van der Waals surface area contributed by atoms with E-state index in [1.165, 1.54) is 5.56 Å². The topological polar surface area (TPSA) is 85.3 Å². The van der Waals surface area contributed by atoms with Gasteiger partial charge in [-0.3, -0.25) is 9.80 Å². The maximum atomic E-state index is 14.0. The number of carbonyl (C=O) groups excluding carboxylic acids is 1. The number of aromatic nitrogens is 2. The Labute approximate surface area is 225 Å². The lowest BCUT2D eigenvalue weighted by Gasteiger charge is -2.52. The number of anilines is 2. The fourth-order valence-electron chi connectivity index (χ4n) is 6.95. The van der Waals surface area contributed by atoms with Crippen molar-refractivity contribution in [3.63, 3.8) is 0 Å². The number of morpholine rings is 1. The minimum atomic E-state index is -0.773. The van der Waals surface area contributed by atoms with Gasteiger partial charge >= 0.3 is 6.03 Å². The number of rotatable bonds is 6. The first kappa shape index (κ1) is 25.5. The monoisotopic (exact) mass is 520 g/mol. The Morgan fingerprint density at radius 2 is 1.63 bits per heavy atom. The summed E-state index contributed by atoms with van der Waals surface area (Å²) in [7, 11) is 4.33. The Bertz CT molecular complexity index is 1120. The van der Waals surface area contributed by atoms with Gasteiger partial charge in [0.1, 0.15) is 0 Å². The van der Waals surface area contributed by atoms with E-state index in [2.05, 4.69) is 64.2 Å². The molecule has 1 aromatic heterocycles. The summed E-state index contributed by atoms with van der Waals surface area (Å²) in [4.78, 5) is 31.6. The van der Waals surface area contributed by atoms with E-state index < -0.39 is 5.60 Å². The van der Waals surface area contributed by atoms with E-state index in [0.717, 1.165) is 63.7 Å². The highest BCUT2D eigenvalue weighted by Gasteiger charge is 2.56. The highest BCUT2D eigenvalue weighted by molar-refractivity contribution is 5.95. The number of hydrogen-bond donors (Lipinski definition) is 1. The highest BCUT2D eigenvalue weighted by Crippen LogP contribution is 2.50. The zero-order chi connectivity index (χ0) is 26.4. The third-order valence-electron chi connectivity index (χ3n) is 9.63. The third kappa shape index (κ3) is 4.34. The Hall–Kier alpha value is -2.75. The van der Waals surface area contributed by atoms with E-state index in [1.54, 1.807) is 12.4 Å². The van der Waals surface area contributed by atoms with E-state index in [-0.39, 0.29) is 17.1 Å². The van der Waals surface area contributed by atoms with Crippen molar-refractivity contribution in [3.05, 3.63) is 48.3 Å². The molecule has 9 heteroatoms. The van der Waals surface area contributed by atoms with Crippen LogP contribution in [0.3, 0.4) is 0 Å². The summed E-state index contributed by atoms with van der Waals surface area (Å²) < 4.78 is 5.45. The van der Waals surface area contributed by atoms with Gasteiger partial charge < -0.3 is 19.6 Å². The van der Waals surface area contributed by atoms with E-state index in [4.69, 9.17) is 4.74 Å². The largest absolute Gasteiger partial charge is 0.388 e. The van der Waals surface area contributed by atoms with Crippen molar-refractivity contribution < 1.29 is 14.6 Å². The van der Waals surface area contributed by atoms with Gasteiger partial charge in [0.2, 0.25) is 5.95 Å². The van der Waals surface area contributed by atoms with Crippen LogP contribution in [-0.4, -0.2) is 95.5 Å². The van der Waals surface area contributed by atoms with E-state index >= 15 is 0 Å². The molecular formula is C29H40N6O3. The van der Waals surface area contributed by atoms with Crippen molar-refractivity contribution in [1.29, 1.82) is 0 Å². The minimum absolute atomic E-state index is 0.0369. The maximum absolute atomic E-state index is 14.0. The Balaban J connectivity index is 1.27. The molecule has 1 N–H and O–H groups in total. The number of β-amino-alcohol motifs (C(OH)–C–C–N with tert-alkyl or cyclic N) is 1. The third-order valence-corrected chi connectivity index (χ3v) is 9.63. The standard InChI is InChI=1S/C29H40N6O3/c1-32(2)29(23-7-4-3-5-8-23)13-11-27(12-14-29)21-34(26(36)35(27)22-28(37)9-6-10-28)24-19-30-25(31-20-24)33-15-17-38-18-16-33/h3-5,7-8,19-20,37H,6,9-18,21-22H2,1-2H3. The SMILES string of the molecule is CN(C)C1(c2ccccc2)CCC2(CC1)CN(c1cnc(N3CCOCC3)nc1)C(=O)N2CC1(O)CCC1. The Morgan fingerprint density at radius 1 is 0.974 bits per heavy atom. The molecule has 2 amide bonds. The molecule has 2 aliphatic heterocycles. The van der Waals surface area contributed by atoms with Gasteiger partial charge in [0, 0.05) is 18.6 Å². The summed E-state index contributed by atoms with van der Waals surface area (Å²) in [6.45, 7) is 3.88. The van der Waals surface area contributed by atoms with Crippen LogP contribution < -0.4 is 9.80 Å². The molecule has 3 heterocycles. The maximum Gasteiger partial charge on any atom is 0.325 e. The van der Waals surface area contributed by atoms with Gasteiger partial charge in [0.25, 0.3) is 0 Å². The summed E-state index contributed by atoms with van der Waals surface area (Å²) in [6, 6.07) is 10.7. The number of amides is 2. The number of carbonyl (C=O) groups is 1. The summed E-state index contributed by atoms with van der Waals surface area (Å²) in [5.74, 6) is 0.676. The number of aliphatic hydroxyl groups is 1. The van der Waals surface area contributed by atoms with Gasteiger partial charge in [0.05, 0.1) is 55.5 Å². The van der Waals surface area contributed by atoms with Crippen LogP contribution in [-0.2, 0) is 10.3 Å². The lowest BCUT2D eigenvalue weighted by molar-refractivity contribution is -0.0725. The zero-order valence-corrected chi connectivity index (χ0v) is 22.7. The molecule has 1 spiro atoms. The zero-order valence-electron chi connectivity index (χ0n) is 22.7. The number of nitrogens with zero attached hydrogens (tertiary/aromatic N) is 6. The number of hydrogen-bond acceptors (Lipinski definition) is 7. The molecule has 9 nitrogen and oxygen atoms in total. The minimum Gasteiger partial charge on any atom is -0.388 e. The molecule has 0 atom stereocenters. The van der Waals surface area contributed by atoms with Crippen LogP contribution in [0.15, 0.2) is 42.7 Å². The molecular weight excluding hydrogens is 480 g/mol. The first-order valence-corrected chi connectivity index (χ1v) is 14.0. The molecule has 0 radical (unpaired) electrons. The van der Waals surface area contributed by atoms with Crippen LogP contribution in [0.4, 0.5) is 16.4 Å². The van der Waals surface area contributed by atoms with E-state index in [9.17, 15) is 9.90 Å². The Kier molecular flexibility index (Phi) is 6.56. The summed E-state index contributed by atoms with van der Waals surface area (Å²) in [6.07, 6.45) is 9.76. The fraction of sp³-hybridized carbons (Fsp3) is 0.621. The predicted molar refractivity (Wildman–Crippen MR) is 146 cm³/mol. The van der Waals surface area contributed by atoms with Crippen LogP contribution >= 0.6 is 0 Å². The molecule has 2 aromatic rings. The van der Waals surface area contributed by atoms with Crippen LogP contribution in [0.1, 0.15) is 50.5 Å². The van der Waals surface area contributed by atoms with Crippen molar-refractivity contribution >= 4 is 17.7 Å². The average molecular weight is 521 g/mol. The summed E-state index contributed by atoms with van der Waals surface area (Å²) in [5, 5.41) is 11.1. The van der Waals surface area contributed by atoms with Gasteiger partial charge in [-0.05, 0) is 64.6 Å². The van der Waals surface area contributed by atoms with Gasteiger partial charge in [-0.2, -0.15) is 0 Å². The molecule has 38 heavy (non-hydrogen) atoms. The van der Waals surface area contributed by atoms with Crippen molar-refractivity contribution in [3.8, 4) is 0 Å². The number of urea groups is 1. The number of ether oxygens (including phenoxy) is 1. The second kappa shape index (κ2) is 9.77. The fourth-order valence-corrected chi connectivity index (χ4v) is 6.95. The molecule has 2 aliphatic carbocycles. The summed E-state index contributed by atoms with van der Waals surface area (Å²) in [5.41, 5.74) is 0.898. The second-order valence-electron chi connectivity index (χ2n) is 11.9. The van der Waals surface area contributed by atoms with Gasteiger partial charge in [-0.25, -0.2) is 14.8 Å². The van der Waals surface area contributed by atoms with Gasteiger partial charge in [0.15, 0.2) is 0 Å². The molecule has 0 bridgehead atoms. The van der Waals surface area contributed by atoms with Crippen molar-refractivity contribution in [2.75, 3.05) is 63.3 Å². The van der Waals surface area contributed by atoms with Crippen LogP contribution in [0.25, 0.3) is 0 Å². The molecule has 6 rings (SSSR count). The highest BCUT2D eigenvalue weighted by atomic mass is 16.5. The lowest BCUT2D eigenvalue weighted by Crippen LogP contribution is -2.59. The molecule has 0 unspecified atom stereocenters. The van der Waals surface area contributed by atoms with Crippen LogP contribution in [0.2, 0.25) is 0 Å². The second-order valence-corrected chi connectivity index (χ2v) is 11.9. The average Bonchev–Trinajstić information content (AvgIpc) is 3.20. The normalized spacial score (nSPS) is 29.3. The quantitative estimate of drug-likeness (QED) is 0.626. The van der Waals surface area contributed by atoms with E-state index in [0.29, 0.717) is 32.3 Å². The van der Waals surface area contributed by atoms with E-state index in [1.807, 2.05) is 9.80 Å². The van der Waals surface area contributed by atoms with Crippen molar-refractivity contribution in [1.82, 2.24) is 19.8 Å². The van der Waals surface area contributed by atoms with Crippen molar-refractivity contribution in [2.45, 2.75) is 61.6 Å². The van der Waals surface area contributed by atoms with Crippen LogP contribution in [0.5, 0.6) is 0 Å². The first-order valence-electron chi connectivity index (χ1n) is 14.0. The molecule has 204 valence electrons. The predicted octanol–water partition coefficient (Wildman–Crippen LogP) is 3.24. The van der Waals surface area contributed by atoms with Gasteiger partial charge in [-0.1, -0.05) is 30.3 Å². The summed E-state index contributed by atoms with van der Waals surface area (Å²) >= 11 is 0. The molecule has 2 saturated carbocycles. The lowest BCUT2D eigenvalue weighted by atomic mass is 9.67. The number of benzene rings is 1. The molecule has 1 aromatic carbocycles. The first-order chi connectivity index (χ1) is 18.3. The molecule has 4 fully saturated rings. The van der Waals surface area contributed by atoms with Gasteiger partial charge in [-0.15, -0.1) is 0 Å². The Morgan fingerprint density at radius 3 is 2.21 bits per heavy atom. The molecule has 4 aliphatic rings. The molecule has 2 saturated heterocycles. The smallest absolute Gasteiger partial charge is 0.325 e.